The van der Waals surface area contributed by atoms with Gasteiger partial charge in [-0.2, -0.15) is 0 Å². The summed E-state index contributed by atoms with van der Waals surface area (Å²) in [6.07, 6.45) is 1.41. The second-order valence-electron chi connectivity index (χ2n) is 9.70. The Morgan fingerprint density at radius 3 is 2.42 bits per heavy atom. The molecule has 1 atom stereocenters. The number of carbonyl (C=O) groups is 2. The van der Waals surface area contributed by atoms with E-state index in [0.717, 1.165) is 16.7 Å². The van der Waals surface area contributed by atoms with E-state index in [1.807, 2.05) is 67.6 Å². The van der Waals surface area contributed by atoms with Gasteiger partial charge in [-0.15, -0.1) is 0 Å². The highest BCUT2D eigenvalue weighted by Crippen LogP contribution is 2.39. The molecule has 4 rings (SSSR count). The Morgan fingerprint density at radius 1 is 1.00 bits per heavy atom. The molecule has 3 aromatic carbocycles. The van der Waals surface area contributed by atoms with E-state index in [1.165, 1.54) is 7.11 Å². The number of fused-ring (bicyclic) bond motifs is 1. The number of ether oxygens (including phenoxy) is 2. The number of carbonyl (C=O) groups excluding carboxylic acids is 2. The molecule has 0 radical (unpaired) electrons. The van der Waals surface area contributed by atoms with E-state index in [1.54, 1.807) is 6.07 Å². The van der Waals surface area contributed by atoms with Crippen LogP contribution in [0.1, 0.15) is 39.9 Å². The number of aliphatic hydroxyl groups is 2. The van der Waals surface area contributed by atoms with Crippen LogP contribution in [0.5, 0.6) is 5.75 Å². The molecule has 0 aliphatic carbocycles. The summed E-state index contributed by atoms with van der Waals surface area (Å²) in [6.45, 7) is 1.79. The fourth-order valence-corrected chi connectivity index (χ4v) is 4.55. The van der Waals surface area contributed by atoms with Crippen LogP contribution in [0.4, 0.5) is 0 Å². The minimum absolute atomic E-state index is 0.0708. The monoisotopic (exact) mass is 545 g/mol. The molecule has 0 bridgehead atoms. The number of nitrogens with one attached hydrogen (secondary N) is 1. The number of benzene rings is 3. The molecule has 1 heterocycles. The van der Waals surface area contributed by atoms with E-state index in [9.17, 15) is 14.7 Å². The number of hydrogen-bond acceptors (Lipinski definition) is 7. The molecule has 3 N–H and O–H groups in total. The van der Waals surface area contributed by atoms with Crippen molar-refractivity contribution >= 4 is 22.8 Å². The fraction of sp³-hybridized carbons (Fsp3) is 0.312. The van der Waals surface area contributed by atoms with Gasteiger partial charge in [0.05, 0.1) is 26.4 Å². The Labute approximate surface area is 233 Å². The number of aliphatic hydroxyl groups excluding tert-OH is 2. The van der Waals surface area contributed by atoms with Crippen LogP contribution in [0.15, 0.2) is 71.1 Å². The number of esters is 1. The third kappa shape index (κ3) is 7.08. The van der Waals surface area contributed by atoms with Crippen molar-refractivity contribution in [2.75, 3.05) is 26.9 Å². The third-order valence-electron chi connectivity index (χ3n) is 6.64. The topological polar surface area (TPSA) is 118 Å². The highest BCUT2D eigenvalue weighted by atomic mass is 16.5. The Morgan fingerprint density at radius 2 is 1.75 bits per heavy atom. The molecule has 8 nitrogen and oxygen atoms in total. The van der Waals surface area contributed by atoms with Crippen LogP contribution in [0.2, 0.25) is 0 Å². The molecular weight excluding hydrogens is 510 g/mol. The summed E-state index contributed by atoms with van der Waals surface area (Å²) >= 11 is 0. The fourth-order valence-electron chi connectivity index (χ4n) is 4.55. The van der Waals surface area contributed by atoms with Crippen molar-refractivity contribution in [1.29, 1.82) is 0 Å². The van der Waals surface area contributed by atoms with Gasteiger partial charge in [0.2, 0.25) is 5.91 Å². The zero-order valence-electron chi connectivity index (χ0n) is 22.8. The molecule has 8 heteroatoms. The number of hydrogen-bond donors (Lipinski definition) is 3. The van der Waals surface area contributed by atoms with Crippen molar-refractivity contribution in [3.63, 3.8) is 0 Å². The molecule has 4 aromatic rings. The Hall–Kier alpha value is -4.14. The summed E-state index contributed by atoms with van der Waals surface area (Å²) in [7, 11) is 1.52. The van der Waals surface area contributed by atoms with E-state index in [0.29, 0.717) is 47.3 Å². The molecule has 0 aliphatic rings. The van der Waals surface area contributed by atoms with Gasteiger partial charge in [-0.3, -0.25) is 4.79 Å². The van der Waals surface area contributed by atoms with E-state index < -0.39 is 12.0 Å². The minimum atomic E-state index is -0.563. The molecule has 0 saturated carbocycles. The molecule has 1 aromatic heterocycles. The average molecular weight is 546 g/mol. The summed E-state index contributed by atoms with van der Waals surface area (Å²) in [6, 6.07) is 20.5. The predicted molar refractivity (Wildman–Crippen MR) is 152 cm³/mol. The first-order valence-electron chi connectivity index (χ1n) is 13.4. The van der Waals surface area contributed by atoms with Crippen molar-refractivity contribution in [2.45, 2.75) is 38.6 Å². The standard InChI is InChI=1S/C32H35NO7/c1-21-9-12-24(13-10-21)30-29(32(37)39-16-6-15-34)26-18-23(19-27(38-2)31(26)40-30)11-14-28(36)33-25(20-35)17-22-7-4-3-5-8-22/h3-5,7-10,12-13,18-19,25,34-35H,6,11,14-17,20H2,1-2H3,(H,33,36)/t25-/m0/s1. The van der Waals surface area contributed by atoms with Crippen LogP contribution in [0.3, 0.4) is 0 Å². The SMILES string of the molecule is COc1cc(CCC(=O)N[C@H](CO)Cc2ccccc2)cc2c(C(=O)OCCCO)c(-c3ccc(C)cc3)oc12. The summed E-state index contributed by atoms with van der Waals surface area (Å²) in [4.78, 5) is 26.0. The van der Waals surface area contributed by atoms with Gasteiger partial charge < -0.3 is 29.4 Å². The number of rotatable bonds is 13. The number of methoxy groups -OCH3 is 1. The maximum atomic E-state index is 13.2. The van der Waals surface area contributed by atoms with Gasteiger partial charge in [-0.1, -0.05) is 60.2 Å². The van der Waals surface area contributed by atoms with Crippen molar-refractivity contribution in [3.8, 4) is 17.1 Å². The van der Waals surface area contributed by atoms with Gasteiger partial charge in [-0.05, 0) is 43.0 Å². The molecule has 0 saturated heterocycles. The van der Waals surface area contributed by atoms with E-state index in [-0.39, 0.29) is 37.7 Å². The van der Waals surface area contributed by atoms with Crippen LogP contribution in [0.25, 0.3) is 22.3 Å². The molecule has 1 amide bonds. The molecular formula is C32H35NO7. The summed E-state index contributed by atoms with van der Waals surface area (Å²) in [5, 5.41) is 22.3. The lowest BCUT2D eigenvalue weighted by atomic mass is 10.0. The van der Waals surface area contributed by atoms with Crippen LogP contribution >= 0.6 is 0 Å². The Bertz CT molecular complexity index is 1430. The minimum Gasteiger partial charge on any atom is -0.493 e. The second-order valence-corrected chi connectivity index (χ2v) is 9.70. The van der Waals surface area contributed by atoms with Crippen molar-refractivity contribution in [2.24, 2.45) is 0 Å². The molecule has 0 fully saturated rings. The Balaban J connectivity index is 1.60. The summed E-state index contributed by atoms with van der Waals surface area (Å²) < 4.78 is 17.3. The van der Waals surface area contributed by atoms with E-state index in [2.05, 4.69) is 5.32 Å². The summed E-state index contributed by atoms with van der Waals surface area (Å²) in [5.74, 6) is 0.0496. The quantitative estimate of drug-likeness (QED) is 0.166. The summed E-state index contributed by atoms with van der Waals surface area (Å²) in [5.41, 5.74) is 4.27. The van der Waals surface area contributed by atoms with Crippen molar-refractivity contribution < 1.29 is 33.7 Å². The maximum absolute atomic E-state index is 13.2. The molecule has 0 spiro atoms. The van der Waals surface area contributed by atoms with Crippen molar-refractivity contribution in [3.05, 3.63) is 89.0 Å². The van der Waals surface area contributed by atoms with E-state index in [4.69, 9.17) is 19.0 Å². The normalized spacial score (nSPS) is 11.8. The lowest BCUT2D eigenvalue weighted by Gasteiger charge is -2.16. The highest BCUT2D eigenvalue weighted by molar-refractivity contribution is 6.10. The van der Waals surface area contributed by atoms with Gasteiger partial charge in [0.1, 0.15) is 11.3 Å². The second kappa shape index (κ2) is 13.8. The molecule has 0 aliphatic heterocycles. The van der Waals surface area contributed by atoms with Crippen LogP contribution in [0, 0.1) is 6.92 Å². The largest absolute Gasteiger partial charge is 0.493 e. The number of aryl methyl sites for hydroxylation is 2. The number of amides is 1. The van der Waals surface area contributed by atoms with Gasteiger partial charge in [0.25, 0.3) is 0 Å². The third-order valence-corrected chi connectivity index (χ3v) is 6.64. The van der Waals surface area contributed by atoms with E-state index >= 15 is 0 Å². The molecule has 210 valence electrons. The van der Waals surface area contributed by atoms with Gasteiger partial charge in [-0.25, -0.2) is 4.79 Å². The van der Waals surface area contributed by atoms with Crippen molar-refractivity contribution in [1.82, 2.24) is 5.32 Å². The first-order chi connectivity index (χ1) is 19.4. The smallest absolute Gasteiger partial charge is 0.342 e. The van der Waals surface area contributed by atoms with Crippen LogP contribution in [-0.2, 0) is 22.4 Å². The predicted octanol–water partition coefficient (Wildman–Crippen LogP) is 4.61. The highest BCUT2D eigenvalue weighted by Gasteiger charge is 2.26. The zero-order valence-corrected chi connectivity index (χ0v) is 22.8. The van der Waals surface area contributed by atoms with Crippen LogP contribution < -0.4 is 10.1 Å². The van der Waals surface area contributed by atoms with Gasteiger partial charge in [0, 0.05) is 30.4 Å². The zero-order chi connectivity index (χ0) is 28.5. The maximum Gasteiger partial charge on any atom is 0.342 e. The van der Waals surface area contributed by atoms with Gasteiger partial charge >= 0.3 is 5.97 Å². The Kier molecular flexibility index (Phi) is 9.94. The van der Waals surface area contributed by atoms with Crippen LogP contribution in [-0.4, -0.2) is 55.1 Å². The first kappa shape index (κ1) is 28.9. The lowest BCUT2D eigenvalue weighted by Crippen LogP contribution is -2.39. The van der Waals surface area contributed by atoms with Gasteiger partial charge in [0.15, 0.2) is 11.3 Å². The average Bonchev–Trinajstić information content (AvgIpc) is 3.36. The molecule has 40 heavy (non-hydrogen) atoms. The molecule has 0 unspecified atom stereocenters. The number of furan rings is 1. The lowest BCUT2D eigenvalue weighted by molar-refractivity contribution is -0.122. The first-order valence-corrected chi connectivity index (χ1v) is 13.4.